The summed E-state index contributed by atoms with van der Waals surface area (Å²) in [5.41, 5.74) is 2.75. The first kappa shape index (κ1) is 23.2. The molecule has 7 heteroatoms. The highest BCUT2D eigenvalue weighted by atomic mass is 16.6. The van der Waals surface area contributed by atoms with Gasteiger partial charge < -0.3 is 4.74 Å². The van der Waals surface area contributed by atoms with Gasteiger partial charge in [-0.15, -0.1) is 0 Å². The zero-order valence-corrected chi connectivity index (χ0v) is 20.4. The Morgan fingerprint density at radius 2 is 1.25 bits per heavy atom. The predicted molar refractivity (Wildman–Crippen MR) is 140 cm³/mol. The first-order valence-corrected chi connectivity index (χ1v) is 11.7. The maximum Gasteiger partial charge on any atom is 0.413 e. The third kappa shape index (κ3) is 4.20. The summed E-state index contributed by atoms with van der Waals surface area (Å²) in [7, 11) is 0. The molecule has 0 saturated heterocycles. The average molecular weight is 478 g/mol. The molecule has 1 amide bonds. The lowest BCUT2D eigenvalue weighted by atomic mass is 9.76. The highest BCUT2D eigenvalue weighted by Gasteiger charge is 2.40. The molecule has 5 aromatic rings. The van der Waals surface area contributed by atoms with E-state index in [4.69, 9.17) is 4.74 Å². The summed E-state index contributed by atoms with van der Waals surface area (Å²) < 4.78 is 7.47. The third-order valence-corrected chi connectivity index (χ3v) is 5.89. The Hall–Kier alpha value is -4.52. The fourth-order valence-electron chi connectivity index (χ4n) is 4.53. The molecule has 5 rings (SSSR count). The molecule has 0 aliphatic carbocycles. The predicted octanol–water partition coefficient (Wildman–Crippen LogP) is 6.01. The second-order valence-electron chi connectivity index (χ2n) is 9.44. The van der Waals surface area contributed by atoms with E-state index in [1.54, 1.807) is 6.33 Å². The van der Waals surface area contributed by atoms with E-state index < -0.39 is 17.2 Å². The molecule has 3 aromatic carbocycles. The number of amides is 1. The van der Waals surface area contributed by atoms with Crippen LogP contribution in [0.25, 0.3) is 11.2 Å². The van der Waals surface area contributed by atoms with E-state index in [0.29, 0.717) is 11.2 Å². The monoisotopic (exact) mass is 477 g/mol. The van der Waals surface area contributed by atoms with Gasteiger partial charge in [-0.1, -0.05) is 91.0 Å². The highest BCUT2D eigenvalue weighted by molar-refractivity contribution is 5.93. The molecule has 0 aliphatic heterocycles. The van der Waals surface area contributed by atoms with Gasteiger partial charge in [-0.25, -0.2) is 19.7 Å². The molecule has 0 spiro atoms. The van der Waals surface area contributed by atoms with Crippen molar-refractivity contribution < 1.29 is 9.53 Å². The van der Waals surface area contributed by atoms with Crippen molar-refractivity contribution in [3.8, 4) is 0 Å². The molecule has 0 radical (unpaired) electrons. The lowest BCUT2D eigenvalue weighted by Crippen LogP contribution is -2.37. The van der Waals surface area contributed by atoms with Crippen LogP contribution in [0.4, 0.5) is 10.6 Å². The Morgan fingerprint density at radius 1 is 0.750 bits per heavy atom. The van der Waals surface area contributed by atoms with Crippen LogP contribution in [0.2, 0.25) is 0 Å². The second-order valence-corrected chi connectivity index (χ2v) is 9.44. The number of imidazole rings is 1. The normalized spacial score (nSPS) is 11.9. The summed E-state index contributed by atoms with van der Waals surface area (Å²) >= 11 is 0. The smallest absolute Gasteiger partial charge is 0.413 e. The van der Waals surface area contributed by atoms with Crippen LogP contribution in [0.3, 0.4) is 0 Å². The first-order valence-electron chi connectivity index (χ1n) is 11.7. The van der Waals surface area contributed by atoms with E-state index >= 15 is 0 Å². The number of benzene rings is 3. The van der Waals surface area contributed by atoms with Gasteiger partial charge in [0.1, 0.15) is 17.5 Å². The van der Waals surface area contributed by atoms with Gasteiger partial charge in [-0.2, -0.15) is 0 Å². The number of nitrogens with one attached hydrogen (secondary N) is 1. The Labute approximate surface area is 209 Å². The molecular formula is C29H27N5O2. The van der Waals surface area contributed by atoms with Crippen molar-refractivity contribution in [1.29, 1.82) is 0 Å². The Balaban J connectivity index is 1.77. The minimum Gasteiger partial charge on any atom is -0.444 e. The number of carbonyl (C=O) groups is 1. The molecule has 180 valence electrons. The Kier molecular flexibility index (Phi) is 5.98. The van der Waals surface area contributed by atoms with E-state index in [0.717, 1.165) is 16.7 Å². The van der Waals surface area contributed by atoms with E-state index in [1.807, 2.05) is 79.9 Å². The van der Waals surface area contributed by atoms with Crippen LogP contribution in [-0.4, -0.2) is 31.2 Å². The number of hydrogen-bond acceptors (Lipinski definition) is 5. The van der Waals surface area contributed by atoms with Crippen LogP contribution >= 0.6 is 0 Å². The van der Waals surface area contributed by atoms with Gasteiger partial charge in [-0.3, -0.25) is 9.88 Å². The summed E-state index contributed by atoms with van der Waals surface area (Å²) in [6.07, 6.45) is 2.59. The molecular weight excluding hydrogens is 450 g/mol. The summed E-state index contributed by atoms with van der Waals surface area (Å²) in [5, 5.41) is 2.74. The number of hydrogen-bond donors (Lipinski definition) is 1. The van der Waals surface area contributed by atoms with Crippen molar-refractivity contribution in [1.82, 2.24) is 19.5 Å². The van der Waals surface area contributed by atoms with Gasteiger partial charge in [0, 0.05) is 0 Å². The average Bonchev–Trinajstić information content (AvgIpc) is 3.31. The molecule has 0 fully saturated rings. The molecule has 1 N–H and O–H groups in total. The zero-order chi connectivity index (χ0) is 25.2. The minimum absolute atomic E-state index is 0.288. The first-order chi connectivity index (χ1) is 17.4. The minimum atomic E-state index is -0.782. The topological polar surface area (TPSA) is 81.9 Å². The second kappa shape index (κ2) is 9.26. The number of rotatable bonds is 5. The van der Waals surface area contributed by atoms with E-state index in [1.165, 1.54) is 6.33 Å². The maximum absolute atomic E-state index is 12.5. The van der Waals surface area contributed by atoms with Crippen LogP contribution in [0.5, 0.6) is 0 Å². The molecule has 0 saturated carbocycles. The van der Waals surface area contributed by atoms with Crippen molar-refractivity contribution in [2.45, 2.75) is 31.9 Å². The fourth-order valence-corrected chi connectivity index (χ4v) is 4.53. The summed E-state index contributed by atoms with van der Waals surface area (Å²) in [4.78, 5) is 26.1. The van der Waals surface area contributed by atoms with Crippen molar-refractivity contribution in [2.24, 2.45) is 0 Å². The molecule has 7 nitrogen and oxygen atoms in total. The molecule has 0 bridgehead atoms. The molecule has 0 atom stereocenters. The molecule has 2 aromatic heterocycles. The van der Waals surface area contributed by atoms with Crippen LogP contribution in [0.15, 0.2) is 104 Å². The van der Waals surface area contributed by atoms with Gasteiger partial charge in [-0.05, 0) is 37.5 Å². The van der Waals surface area contributed by atoms with Crippen molar-refractivity contribution in [3.05, 3.63) is 120 Å². The van der Waals surface area contributed by atoms with Crippen molar-refractivity contribution >= 4 is 23.1 Å². The highest BCUT2D eigenvalue weighted by Crippen LogP contribution is 2.42. The zero-order valence-electron chi connectivity index (χ0n) is 20.4. The molecule has 2 heterocycles. The lowest BCUT2D eigenvalue weighted by Gasteiger charge is -2.37. The van der Waals surface area contributed by atoms with Gasteiger partial charge in [0.05, 0.1) is 6.33 Å². The number of carbonyl (C=O) groups excluding carboxylic acids is 1. The largest absolute Gasteiger partial charge is 0.444 e. The van der Waals surface area contributed by atoms with Crippen LogP contribution in [-0.2, 0) is 10.3 Å². The van der Waals surface area contributed by atoms with Crippen molar-refractivity contribution in [2.75, 3.05) is 5.32 Å². The Morgan fingerprint density at radius 3 is 1.72 bits per heavy atom. The maximum atomic E-state index is 12.5. The molecule has 0 unspecified atom stereocenters. The summed E-state index contributed by atoms with van der Waals surface area (Å²) in [6, 6.07) is 30.8. The third-order valence-electron chi connectivity index (χ3n) is 5.89. The van der Waals surface area contributed by atoms with E-state index in [9.17, 15) is 4.79 Å². The van der Waals surface area contributed by atoms with Crippen molar-refractivity contribution in [3.63, 3.8) is 0 Å². The summed E-state index contributed by atoms with van der Waals surface area (Å²) in [5.74, 6) is 0.288. The van der Waals surface area contributed by atoms with E-state index in [2.05, 4.69) is 56.7 Å². The molecule has 0 aliphatic rings. The number of aromatic nitrogens is 4. The van der Waals surface area contributed by atoms with Gasteiger partial charge in [0.2, 0.25) is 0 Å². The van der Waals surface area contributed by atoms with Crippen LogP contribution < -0.4 is 5.32 Å². The number of fused-ring (bicyclic) bond motifs is 1. The number of anilines is 1. The van der Waals surface area contributed by atoms with Gasteiger partial charge in [0.25, 0.3) is 0 Å². The standard InChI is InChI=1S/C29H27N5O2/c1-28(2,3)36-27(35)33-25-24-26(31-19-30-25)34(20-32-24)29(21-13-7-4-8-14-21,22-15-9-5-10-16-22)23-17-11-6-12-18-23/h4-20H,1-3H3,(H,30,31,33,35). The Bertz CT molecular complexity index is 1380. The fraction of sp³-hybridized carbons (Fsp3) is 0.172. The SMILES string of the molecule is CC(C)(C)OC(=O)Nc1ncnc2c1ncn2C(c1ccccc1)(c1ccccc1)c1ccccc1. The van der Waals surface area contributed by atoms with Crippen LogP contribution in [0, 0.1) is 0 Å². The molecule has 36 heavy (non-hydrogen) atoms. The van der Waals surface area contributed by atoms with Gasteiger partial charge >= 0.3 is 6.09 Å². The van der Waals surface area contributed by atoms with Crippen LogP contribution in [0.1, 0.15) is 37.5 Å². The summed E-state index contributed by atoms with van der Waals surface area (Å²) in [6.45, 7) is 5.43. The van der Waals surface area contributed by atoms with Gasteiger partial charge in [0.15, 0.2) is 17.0 Å². The lowest BCUT2D eigenvalue weighted by molar-refractivity contribution is 0.0635. The quantitative estimate of drug-likeness (QED) is 0.313. The van der Waals surface area contributed by atoms with E-state index in [-0.39, 0.29) is 5.82 Å². The number of ether oxygens (including phenoxy) is 1. The number of nitrogens with zero attached hydrogens (tertiary/aromatic N) is 4.